The second kappa shape index (κ2) is 51.4. The Morgan fingerprint density at radius 1 is 0.320 bits per heavy atom. The van der Waals surface area contributed by atoms with Gasteiger partial charge in [0.25, 0.3) is 0 Å². The summed E-state index contributed by atoms with van der Waals surface area (Å²) in [6.07, 6.45) is 38.1. The third kappa shape index (κ3) is 30.3. The molecule has 0 saturated heterocycles. The van der Waals surface area contributed by atoms with Crippen LogP contribution < -0.4 is 66.3 Å². The number of hydrogen-bond acceptors (Lipinski definition) is 35. The summed E-state index contributed by atoms with van der Waals surface area (Å²) in [5.74, 6) is 5.70. The molecule has 0 unspecified atom stereocenters. The van der Waals surface area contributed by atoms with Gasteiger partial charge in [0, 0.05) is 215 Å². The Labute approximate surface area is 895 Å². The number of anilines is 18. The van der Waals surface area contributed by atoms with Gasteiger partial charge in [-0.25, -0.2) is 34.3 Å². The van der Waals surface area contributed by atoms with Crippen LogP contribution in [0.4, 0.5) is 109 Å². The van der Waals surface area contributed by atoms with E-state index < -0.39 is 0 Å². The van der Waals surface area contributed by atoms with Gasteiger partial charge < -0.3 is 70.9 Å². The van der Waals surface area contributed by atoms with Crippen LogP contribution in [-0.2, 0) is 50.4 Å². The third-order valence-electron chi connectivity index (χ3n) is 23.6. The van der Waals surface area contributed by atoms with Crippen molar-refractivity contribution in [2.45, 2.75) is 179 Å². The molecular weight excluding hydrogens is 1990 g/mol. The standard InChI is InChI=1S/C21H20N6.C20H20FN5S.C19H19N5S.C19H21N5S.C17H17N5S.C16H14ClN5S/c22-21-25-18-4-2-1-3-17(18)20(26-21)24-15-5-6-19-14(13-15)9-12-27(19)16-7-10-23-11-8-16;21-16-12-13(6-7-18(16)27-14-8-10-23-11-9-14)24-19-15-4-2-1-3-5-17(15)25-20(22)26-19;20-19-23-17-4-2-1-3-16(17)18(24-19)22-13-5-7-14(8-6-13)25-15-9-11-21-12-10-15;1-19(2,3)16-12-17(24-18(20)23-16)22-13-4-6-14(7-5-13)25-15-8-10-21-11-9-15;1-2-12-11-16(22-17(18)21-12)20-13-3-5-14(6-4-13)23-15-7-9-19-10-8-15;1-10-14(17)15(22-16(18)20-10)21-11-2-4-12(5-3-11)23-13-6-8-19-9-7-13/h5-13H,1-4H2,(H3,22,24,25,26);6-12H,1-5H2,(H3,22,24,25,26);5-12H,1-4H2,(H3,20,22,23,24);4-12H,1-3H3,(H3,20,22,23,24);3-11H,2H2,1H3,(H3,18,20,21,22);2-9H,1H3,(H3,18,20,21,22). The van der Waals surface area contributed by atoms with E-state index in [1.54, 1.807) is 134 Å². The molecule has 6 aromatic carbocycles. The Morgan fingerprint density at radius 3 is 1.07 bits per heavy atom. The van der Waals surface area contributed by atoms with Crippen molar-refractivity contribution >= 4 is 186 Å². The van der Waals surface area contributed by atoms with Crippen molar-refractivity contribution < 1.29 is 4.39 Å². The summed E-state index contributed by atoms with van der Waals surface area (Å²) in [6, 6.07) is 73.8. The van der Waals surface area contributed by atoms with Crippen LogP contribution in [0.1, 0.15) is 123 Å². The molecule has 19 aromatic rings. The van der Waals surface area contributed by atoms with Gasteiger partial charge in [-0.2, -0.15) is 29.9 Å². The highest BCUT2D eigenvalue weighted by molar-refractivity contribution is 8.00. The molecule has 758 valence electrons. The number of nitrogens with zero attached hydrogens (tertiary/aromatic N) is 19. The number of aryl methyl sites for hydroxylation is 5. The van der Waals surface area contributed by atoms with Crippen molar-refractivity contribution in [3.05, 3.63) is 367 Å². The second-order valence-electron chi connectivity index (χ2n) is 35.7. The number of nitrogens with two attached hydrogens (primary N) is 6. The quantitative estimate of drug-likeness (QED) is 0.0250. The zero-order valence-corrected chi connectivity index (χ0v) is 87.9. The van der Waals surface area contributed by atoms with Gasteiger partial charge in [0.05, 0.1) is 34.0 Å². The van der Waals surface area contributed by atoms with Gasteiger partial charge in [-0.05, 0) is 303 Å². The van der Waals surface area contributed by atoms with E-state index in [0.717, 1.165) is 189 Å². The Bertz CT molecular complexity index is 7710. The predicted molar refractivity (Wildman–Crippen MR) is 606 cm³/mol. The molecule has 0 saturated carbocycles. The molecule has 13 aromatic heterocycles. The largest absolute Gasteiger partial charge is 0.368 e. The maximum Gasteiger partial charge on any atom is 0.222 e. The number of fused-ring (bicyclic) bond motifs is 4. The van der Waals surface area contributed by atoms with Gasteiger partial charge in [-0.1, -0.05) is 105 Å². The minimum Gasteiger partial charge on any atom is -0.368 e. The average molecular weight is 2110 g/mol. The molecule has 150 heavy (non-hydrogen) atoms. The van der Waals surface area contributed by atoms with Gasteiger partial charge in [0.15, 0.2) is 5.82 Å². The highest BCUT2D eigenvalue weighted by atomic mass is 35.5. The van der Waals surface area contributed by atoms with E-state index in [9.17, 15) is 4.39 Å². The van der Waals surface area contributed by atoms with Crippen molar-refractivity contribution in [3.63, 3.8) is 0 Å². The van der Waals surface area contributed by atoms with Crippen LogP contribution in [0.3, 0.4) is 0 Å². The summed E-state index contributed by atoms with van der Waals surface area (Å²) < 4.78 is 16.7. The number of pyridine rings is 6. The molecule has 13 heterocycles. The van der Waals surface area contributed by atoms with Crippen LogP contribution in [0.2, 0.25) is 5.02 Å². The highest BCUT2D eigenvalue weighted by Crippen LogP contribution is 2.40. The minimum absolute atomic E-state index is 0.0848. The van der Waals surface area contributed by atoms with Crippen molar-refractivity contribution in [1.29, 1.82) is 0 Å². The molecule has 0 radical (unpaired) electrons. The van der Waals surface area contributed by atoms with Crippen LogP contribution in [0.25, 0.3) is 16.6 Å². The molecule has 0 atom stereocenters. The molecular formula is C112H111ClFN31S5. The zero-order chi connectivity index (χ0) is 104. The zero-order valence-electron chi connectivity index (χ0n) is 83.0. The average Bonchev–Trinajstić information content (AvgIpc) is 1.52. The molecule has 0 aliphatic heterocycles. The molecule has 0 spiro atoms. The van der Waals surface area contributed by atoms with Gasteiger partial charge in [-0.15, -0.1) is 0 Å². The van der Waals surface area contributed by atoms with E-state index in [4.69, 9.17) is 46.0 Å². The van der Waals surface area contributed by atoms with E-state index in [2.05, 4.69) is 226 Å². The van der Waals surface area contributed by atoms with E-state index >= 15 is 0 Å². The fourth-order valence-corrected chi connectivity index (χ4v) is 20.4. The molecule has 3 aliphatic rings. The topological polar surface area (TPSA) is 465 Å². The maximum atomic E-state index is 14.6. The predicted octanol–water partition coefficient (Wildman–Crippen LogP) is 25.9. The van der Waals surface area contributed by atoms with E-state index in [0.29, 0.717) is 56.5 Å². The lowest BCUT2D eigenvalue weighted by atomic mass is 9.92. The van der Waals surface area contributed by atoms with E-state index in [-0.39, 0.29) is 35.0 Å². The van der Waals surface area contributed by atoms with Crippen molar-refractivity contribution in [3.8, 4) is 5.69 Å². The fourth-order valence-electron chi connectivity index (χ4n) is 16.2. The molecule has 0 bridgehead atoms. The van der Waals surface area contributed by atoms with Crippen LogP contribution in [0.5, 0.6) is 0 Å². The lowest BCUT2D eigenvalue weighted by Crippen LogP contribution is -2.16. The van der Waals surface area contributed by atoms with Crippen LogP contribution in [0.15, 0.2) is 354 Å². The first-order valence-corrected chi connectivity index (χ1v) is 53.2. The first-order chi connectivity index (χ1) is 73.0. The number of hydrogen-bond donors (Lipinski definition) is 12. The lowest BCUT2D eigenvalue weighted by Gasteiger charge is -2.19. The Balaban J connectivity index is 0.000000123. The summed E-state index contributed by atoms with van der Waals surface area (Å²) in [7, 11) is 0. The Hall–Kier alpha value is -16.2. The Kier molecular flexibility index (Phi) is 36.1. The van der Waals surface area contributed by atoms with Crippen LogP contribution >= 0.6 is 70.4 Å². The smallest absolute Gasteiger partial charge is 0.222 e. The summed E-state index contributed by atoms with van der Waals surface area (Å²) in [5.41, 5.74) is 51.7. The minimum atomic E-state index is -0.282. The maximum absolute atomic E-state index is 14.6. The molecule has 31 nitrogen and oxygen atoms in total. The highest BCUT2D eigenvalue weighted by Gasteiger charge is 2.24. The normalized spacial score (nSPS) is 12.2. The lowest BCUT2D eigenvalue weighted by molar-refractivity contribution is 0.568. The van der Waals surface area contributed by atoms with Crippen molar-refractivity contribution in [2.24, 2.45) is 0 Å². The molecule has 22 rings (SSSR count). The van der Waals surface area contributed by atoms with E-state index in [1.165, 1.54) is 64.4 Å². The number of benzene rings is 6. The van der Waals surface area contributed by atoms with Crippen LogP contribution in [-0.4, -0.2) is 94.3 Å². The van der Waals surface area contributed by atoms with Gasteiger partial charge >= 0.3 is 0 Å². The molecule has 3 aliphatic carbocycles. The number of nitrogens with one attached hydrogen (secondary N) is 6. The molecule has 18 N–H and O–H groups in total. The number of rotatable bonds is 24. The SMILES string of the molecule is CC(C)(C)c1cc(Nc2ccc(Sc3ccncc3)cc2)nc(N)n1.CCc1cc(Nc2ccc(Sc3ccncc3)cc2)nc(N)n1.Cc1nc(N)nc(Nc2ccc(Sc3ccncc3)cc2)c1Cl.Nc1nc2c(c(Nc3ccc(Sc4ccncc4)c(F)c3)n1)CCCCC2.Nc1nc2c(c(Nc3ccc(Sc4ccncc4)cc3)n1)CCCC2.Nc1nc2c(c(Nc3ccc4c(ccn4-c4ccncc4)c3)n1)CCCC2. The first kappa shape index (κ1) is 105. The van der Waals surface area contributed by atoms with Crippen molar-refractivity contribution in [2.75, 3.05) is 66.3 Å². The summed E-state index contributed by atoms with van der Waals surface area (Å²) >= 11 is 14.4. The van der Waals surface area contributed by atoms with Crippen molar-refractivity contribution in [1.82, 2.24) is 94.3 Å². The first-order valence-electron chi connectivity index (χ1n) is 48.8. The van der Waals surface area contributed by atoms with Gasteiger partial charge in [-0.3, -0.25) is 29.9 Å². The number of halogens is 2. The molecule has 0 fully saturated rings. The van der Waals surface area contributed by atoms with Crippen LogP contribution in [0, 0.1) is 12.7 Å². The number of aromatic nitrogens is 19. The Morgan fingerprint density at radius 2 is 0.647 bits per heavy atom. The summed E-state index contributed by atoms with van der Waals surface area (Å²) in [6.45, 7) is 10.1. The molecule has 38 heteroatoms. The third-order valence-corrected chi connectivity index (χ3v) is 29.1. The fraction of sp³-hybridized carbons (Fsp3) is 0.179. The van der Waals surface area contributed by atoms with Gasteiger partial charge in [0.1, 0.15) is 39.9 Å². The number of nitrogen functional groups attached to an aromatic ring is 6. The monoisotopic (exact) mass is 2100 g/mol. The molecule has 0 amide bonds. The van der Waals surface area contributed by atoms with E-state index in [1.807, 2.05) is 146 Å². The summed E-state index contributed by atoms with van der Waals surface area (Å²) in [4.78, 5) is 86.6. The van der Waals surface area contributed by atoms with Gasteiger partial charge in [0.2, 0.25) is 35.7 Å². The summed E-state index contributed by atoms with van der Waals surface area (Å²) in [5, 5.41) is 21.5. The second-order valence-corrected chi connectivity index (χ2v) is 41.7.